The van der Waals surface area contributed by atoms with Gasteiger partial charge in [-0.25, -0.2) is 9.97 Å². The lowest BCUT2D eigenvalue weighted by molar-refractivity contribution is -0.137. The van der Waals surface area contributed by atoms with Crippen LogP contribution in [0.5, 0.6) is 0 Å². The molecule has 20 heavy (non-hydrogen) atoms. The fourth-order valence-electron chi connectivity index (χ4n) is 2.50. The van der Waals surface area contributed by atoms with E-state index in [4.69, 9.17) is 10.8 Å². The molecule has 0 unspecified atom stereocenters. The van der Waals surface area contributed by atoms with E-state index in [0.717, 1.165) is 28.3 Å². The van der Waals surface area contributed by atoms with Gasteiger partial charge >= 0.3 is 5.97 Å². The van der Waals surface area contributed by atoms with E-state index in [2.05, 4.69) is 16.9 Å². The van der Waals surface area contributed by atoms with Gasteiger partial charge in [0.15, 0.2) is 0 Å². The lowest BCUT2D eigenvalue weighted by atomic mass is 10.1. The molecule has 0 radical (unpaired) electrons. The molecule has 0 fully saturated rings. The number of nitrogens with two attached hydrogens (primary N) is 1. The summed E-state index contributed by atoms with van der Waals surface area (Å²) in [5.41, 5.74) is 8.48. The van der Waals surface area contributed by atoms with Crippen LogP contribution < -0.4 is 5.73 Å². The predicted octanol–water partition coefficient (Wildman–Crippen LogP) is 1.81. The molecule has 6 heteroatoms. The number of carboxylic acid groups (broad SMARTS) is 1. The van der Waals surface area contributed by atoms with Crippen molar-refractivity contribution in [2.24, 2.45) is 0 Å². The van der Waals surface area contributed by atoms with Gasteiger partial charge in [0.05, 0.1) is 10.9 Å². The zero-order valence-electron chi connectivity index (χ0n) is 11.0. The van der Waals surface area contributed by atoms with E-state index in [9.17, 15) is 4.79 Å². The number of hydrogen-bond donors (Lipinski definition) is 2. The highest BCUT2D eigenvalue weighted by Crippen LogP contribution is 2.31. The molecule has 0 saturated carbocycles. The molecule has 3 rings (SSSR count). The average molecular weight is 270 g/mol. The summed E-state index contributed by atoms with van der Waals surface area (Å²) in [5.74, 6) is -0.544. The lowest BCUT2D eigenvalue weighted by Crippen LogP contribution is -2.09. The molecule has 3 aromatic rings. The van der Waals surface area contributed by atoms with Crippen molar-refractivity contribution in [3.8, 4) is 0 Å². The van der Waals surface area contributed by atoms with Crippen LogP contribution in [0.25, 0.3) is 21.9 Å². The second-order valence-electron chi connectivity index (χ2n) is 4.64. The smallest absolute Gasteiger partial charge is 0.323 e. The van der Waals surface area contributed by atoms with E-state index in [1.54, 1.807) is 4.57 Å². The van der Waals surface area contributed by atoms with Gasteiger partial charge in [-0.05, 0) is 24.1 Å². The Morgan fingerprint density at radius 3 is 2.90 bits per heavy atom. The first-order chi connectivity index (χ1) is 9.61. The molecule has 0 saturated heterocycles. The fourth-order valence-corrected chi connectivity index (χ4v) is 2.50. The van der Waals surface area contributed by atoms with Crippen molar-refractivity contribution in [1.29, 1.82) is 0 Å². The van der Waals surface area contributed by atoms with Gasteiger partial charge in [0.1, 0.15) is 24.3 Å². The molecule has 3 N–H and O–H groups in total. The topological polar surface area (TPSA) is 94.0 Å². The summed E-state index contributed by atoms with van der Waals surface area (Å²) in [6.45, 7) is 1.92. The van der Waals surface area contributed by atoms with Gasteiger partial charge in [-0.1, -0.05) is 13.0 Å². The Hall–Kier alpha value is -2.63. The number of hydrogen-bond acceptors (Lipinski definition) is 4. The van der Waals surface area contributed by atoms with Gasteiger partial charge in [0, 0.05) is 5.39 Å². The number of anilines is 1. The molecule has 0 atom stereocenters. The predicted molar refractivity (Wildman–Crippen MR) is 76.5 cm³/mol. The number of carbonyl (C=O) groups is 1. The van der Waals surface area contributed by atoms with Crippen LogP contribution in [0.15, 0.2) is 24.5 Å². The number of rotatable bonds is 3. The summed E-state index contributed by atoms with van der Waals surface area (Å²) in [4.78, 5) is 19.3. The van der Waals surface area contributed by atoms with E-state index < -0.39 is 5.97 Å². The molecule has 2 aromatic heterocycles. The maximum absolute atomic E-state index is 11.1. The van der Waals surface area contributed by atoms with Crippen LogP contribution >= 0.6 is 0 Å². The zero-order chi connectivity index (χ0) is 14.3. The van der Waals surface area contributed by atoms with Gasteiger partial charge in [0.2, 0.25) is 0 Å². The highest BCUT2D eigenvalue weighted by Gasteiger charge is 2.16. The minimum Gasteiger partial charge on any atom is -0.480 e. The fraction of sp³-hybridized carbons (Fsp3) is 0.214. The van der Waals surface area contributed by atoms with Crippen LogP contribution in [0.2, 0.25) is 0 Å². The number of nitrogens with zero attached hydrogens (tertiary/aromatic N) is 3. The number of carboxylic acids is 1. The molecule has 0 aliphatic heterocycles. The first-order valence-corrected chi connectivity index (χ1v) is 6.35. The van der Waals surface area contributed by atoms with Crippen molar-refractivity contribution < 1.29 is 9.90 Å². The zero-order valence-corrected chi connectivity index (χ0v) is 11.0. The molecule has 6 nitrogen and oxygen atoms in total. The van der Waals surface area contributed by atoms with E-state index >= 15 is 0 Å². The maximum Gasteiger partial charge on any atom is 0.323 e. The van der Waals surface area contributed by atoms with Crippen molar-refractivity contribution >= 4 is 33.7 Å². The second-order valence-corrected chi connectivity index (χ2v) is 4.64. The number of fused-ring (bicyclic) bond motifs is 3. The highest BCUT2D eigenvalue weighted by molar-refractivity contribution is 6.11. The molecule has 0 amide bonds. The largest absolute Gasteiger partial charge is 0.480 e. The van der Waals surface area contributed by atoms with Crippen LogP contribution in [0, 0.1) is 0 Å². The van der Waals surface area contributed by atoms with Crippen LogP contribution in [-0.2, 0) is 17.8 Å². The third-order valence-corrected chi connectivity index (χ3v) is 3.43. The third-order valence-electron chi connectivity index (χ3n) is 3.43. The molecule has 1 aromatic carbocycles. The van der Waals surface area contributed by atoms with Crippen molar-refractivity contribution in [2.75, 3.05) is 5.73 Å². The molecular weight excluding hydrogens is 256 g/mol. The average Bonchev–Trinajstić information content (AvgIpc) is 2.73. The summed E-state index contributed by atoms with van der Waals surface area (Å²) in [5, 5.41) is 10.7. The minimum absolute atomic E-state index is 0.151. The molecular formula is C14H14N4O2. The van der Waals surface area contributed by atoms with Crippen LogP contribution in [0.4, 0.5) is 5.82 Å². The maximum atomic E-state index is 11.1. The summed E-state index contributed by atoms with van der Waals surface area (Å²) >= 11 is 0. The summed E-state index contributed by atoms with van der Waals surface area (Å²) in [7, 11) is 0. The standard InChI is InChI=1S/C14H14N4O2/c1-2-8-3-4-10-9(5-8)12-13(15)16-7-17-14(12)18(10)6-11(19)20/h3-5,7H,2,6H2,1H3,(H,19,20)(H2,15,16,17). The molecule has 0 aliphatic carbocycles. The third kappa shape index (κ3) is 1.77. The van der Waals surface area contributed by atoms with Crippen molar-refractivity contribution in [2.45, 2.75) is 19.9 Å². The van der Waals surface area contributed by atoms with E-state index in [1.807, 2.05) is 18.2 Å². The number of aliphatic carboxylic acids is 1. The Balaban J connectivity index is 2.46. The minimum atomic E-state index is -0.916. The normalized spacial score (nSPS) is 11.2. The Morgan fingerprint density at radius 1 is 1.40 bits per heavy atom. The van der Waals surface area contributed by atoms with Crippen LogP contribution in [0.1, 0.15) is 12.5 Å². The first-order valence-electron chi connectivity index (χ1n) is 6.35. The molecule has 0 aliphatic rings. The Kier molecular flexibility index (Phi) is 2.78. The number of benzene rings is 1. The molecule has 102 valence electrons. The van der Waals surface area contributed by atoms with E-state index in [1.165, 1.54) is 6.33 Å². The summed E-state index contributed by atoms with van der Waals surface area (Å²) < 4.78 is 1.66. The van der Waals surface area contributed by atoms with Crippen LogP contribution in [0.3, 0.4) is 0 Å². The van der Waals surface area contributed by atoms with Gasteiger partial charge in [-0.3, -0.25) is 4.79 Å². The molecule has 0 spiro atoms. The van der Waals surface area contributed by atoms with Crippen molar-refractivity contribution in [1.82, 2.24) is 14.5 Å². The van der Waals surface area contributed by atoms with Crippen LogP contribution in [-0.4, -0.2) is 25.6 Å². The van der Waals surface area contributed by atoms with Gasteiger partial charge < -0.3 is 15.4 Å². The van der Waals surface area contributed by atoms with Gasteiger partial charge in [0.25, 0.3) is 0 Å². The summed E-state index contributed by atoms with van der Waals surface area (Å²) in [6.07, 6.45) is 2.25. The molecule has 2 heterocycles. The quantitative estimate of drug-likeness (QED) is 0.757. The van der Waals surface area contributed by atoms with E-state index in [-0.39, 0.29) is 6.54 Å². The van der Waals surface area contributed by atoms with Crippen molar-refractivity contribution in [3.63, 3.8) is 0 Å². The van der Waals surface area contributed by atoms with Gasteiger partial charge in [-0.2, -0.15) is 0 Å². The highest BCUT2D eigenvalue weighted by atomic mass is 16.4. The number of aryl methyl sites for hydroxylation is 1. The van der Waals surface area contributed by atoms with Crippen molar-refractivity contribution in [3.05, 3.63) is 30.1 Å². The molecule has 0 bridgehead atoms. The van der Waals surface area contributed by atoms with E-state index in [0.29, 0.717) is 11.5 Å². The second kappa shape index (κ2) is 4.48. The summed E-state index contributed by atoms with van der Waals surface area (Å²) in [6, 6.07) is 5.93. The SMILES string of the molecule is CCc1ccc2c(c1)c1c(N)ncnc1n2CC(=O)O. The number of aromatic nitrogens is 3. The number of nitrogen functional groups attached to an aromatic ring is 1. The monoisotopic (exact) mass is 270 g/mol. The Morgan fingerprint density at radius 2 is 2.20 bits per heavy atom. The first kappa shape index (κ1) is 12.4. The Bertz CT molecular complexity index is 823. The Labute approximate surface area is 114 Å². The van der Waals surface area contributed by atoms with Gasteiger partial charge in [-0.15, -0.1) is 0 Å². The lowest BCUT2D eigenvalue weighted by Gasteiger charge is -2.03.